The first-order valence-corrected chi connectivity index (χ1v) is 3.70. The molecule has 0 heterocycles. The average Bonchev–Trinajstić information content (AvgIpc) is 2.01. The van der Waals surface area contributed by atoms with Crippen molar-refractivity contribution >= 4 is 46.2 Å². The van der Waals surface area contributed by atoms with Crippen LogP contribution in [0.1, 0.15) is 0 Å². The van der Waals surface area contributed by atoms with Crippen LogP contribution in [0.4, 0.5) is 0 Å². The molecule has 0 aliphatic rings. The Hall–Kier alpha value is 1.37. The molecule has 0 fully saturated rings. The third-order valence-electron chi connectivity index (χ3n) is 1.25. The van der Waals surface area contributed by atoms with Gasteiger partial charge in [0.25, 0.3) is 0 Å². The van der Waals surface area contributed by atoms with Gasteiger partial charge in [-0.2, -0.15) is 0 Å². The summed E-state index contributed by atoms with van der Waals surface area (Å²) < 4.78 is 19.7. The molecule has 0 aliphatic carbocycles. The fourth-order valence-electron chi connectivity index (χ4n) is 0.604. The summed E-state index contributed by atoms with van der Waals surface area (Å²) in [6, 6.07) is 0. The molecule has 0 bridgehead atoms. The quantitative estimate of drug-likeness (QED) is 0.398. The molecule has 0 aliphatic heterocycles. The summed E-state index contributed by atoms with van der Waals surface area (Å²) in [5.74, 6) is -1.01. The fourth-order valence-corrected chi connectivity index (χ4v) is 0.957. The Bertz CT molecular complexity index is 80.3. The molecular weight excluding hydrogens is 174 g/mol. The van der Waals surface area contributed by atoms with Crippen LogP contribution in [0.25, 0.3) is 0 Å². The van der Waals surface area contributed by atoms with E-state index in [1.807, 2.05) is 0 Å². The van der Waals surface area contributed by atoms with E-state index in [0.29, 0.717) is 23.2 Å². The van der Waals surface area contributed by atoms with Crippen LogP contribution in [0.15, 0.2) is 0 Å². The molecule has 0 atom stereocenters. The van der Waals surface area contributed by atoms with Gasteiger partial charge in [-0.3, -0.25) is 0 Å². The standard InChI is InChI=1S/C5H11O4.Al.Na.2H/c1-7-5(4-6,8-2)9-3;;;;/h4H2,1-3H3;;;;/q-1;+1;;;. The monoisotopic (exact) mass is 187 g/mol. The van der Waals surface area contributed by atoms with Crippen LogP contribution in [-0.4, -0.2) is 80.1 Å². The van der Waals surface area contributed by atoms with E-state index in [9.17, 15) is 0 Å². The normalized spacial score (nSPS) is 10.8. The predicted molar refractivity (Wildman–Crippen MR) is 44.0 cm³/mol. The zero-order chi connectivity index (χ0) is 8.04. The van der Waals surface area contributed by atoms with Crippen LogP contribution >= 0.6 is 0 Å². The molecule has 4 nitrogen and oxygen atoms in total. The minimum Gasteiger partial charge on any atom is -0.500 e. The van der Waals surface area contributed by atoms with E-state index in [1.54, 1.807) is 0 Å². The first-order chi connectivity index (χ1) is 4.74. The molecule has 61 valence electrons. The van der Waals surface area contributed by atoms with Gasteiger partial charge in [0.2, 0.25) is 0 Å². The summed E-state index contributed by atoms with van der Waals surface area (Å²) >= 11 is 0.644. The molecule has 6 heteroatoms. The van der Waals surface area contributed by atoms with E-state index in [-0.39, 0.29) is 29.6 Å². The molecule has 0 unspecified atom stereocenters. The summed E-state index contributed by atoms with van der Waals surface area (Å²) in [7, 11) is 4.52. The second-order valence-electron chi connectivity index (χ2n) is 1.73. The predicted octanol–water partition coefficient (Wildman–Crippen LogP) is -1.24. The van der Waals surface area contributed by atoms with Crippen molar-refractivity contribution in [1.82, 2.24) is 0 Å². The molecule has 0 amide bonds. The zero-order valence-electron chi connectivity index (χ0n) is 7.84. The van der Waals surface area contributed by atoms with E-state index in [1.165, 1.54) is 21.3 Å². The van der Waals surface area contributed by atoms with Crippen molar-refractivity contribution in [2.24, 2.45) is 0 Å². The van der Waals surface area contributed by atoms with E-state index in [0.717, 1.165) is 0 Å². The molecule has 0 rings (SSSR count). The SMILES string of the molecule is COC(C[O][AlH2])(OC)OC.[Na]. The van der Waals surface area contributed by atoms with Crippen molar-refractivity contribution in [3.05, 3.63) is 0 Å². The molecule has 0 aromatic rings. The van der Waals surface area contributed by atoms with Gasteiger partial charge in [0, 0.05) is 50.9 Å². The summed E-state index contributed by atoms with van der Waals surface area (Å²) in [6.45, 7) is 0.308. The number of hydrogen-bond donors (Lipinski definition) is 0. The molecule has 0 N–H and O–H groups in total. The number of methoxy groups -OCH3 is 3. The van der Waals surface area contributed by atoms with Crippen molar-refractivity contribution in [1.29, 1.82) is 0 Å². The minimum atomic E-state index is -1.01. The molecule has 11 heavy (non-hydrogen) atoms. The van der Waals surface area contributed by atoms with Crippen LogP contribution in [0.2, 0.25) is 0 Å². The van der Waals surface area contributed by atoms with Crippen LogP contribution in [0, 0.1) is 0 Å². The minimum absolute atomic E-state index is 0. The van der Waals surface area contributed by atoms with Crippen molar-refractivity contribution < 1.29 is 18.0 Å². The maximum atomic E-state index is 4.94. The first kappa shape index (κ1) is 14.9. The molecule has 0 aromatic heterocycles. The molecule has 0 saturated heterocycles. The Morgan fingerprint density at radius 3 is 1.55 bits per heavy atom. The van der Waals surface area contributed by atoms with Gasteiger partial charge < -0.3 is 18.0 Å². The molecule has 0 aromatic carbocycles. The van der Waals surface area contributed by atoms with Crippen molar-refractivity contribution in [3.8, 4) is 0 Å². The topological polar surface area (TPSA) is 36.9 Å². The third-order valence-corrected chi connectivity index (χ3v) is 1.54. The number of rotatable bonds is 5. The van der Waals surface area contributed by atoms with Crippen molar-refractivity contribution in [3.63, 3.8) is 0 Å². The third kappa shape index (κ3) is 4.84. The van der Waals surface area contributed by atoms with Gasteiger partial charge in [0.1, 0.15) is 0 Å². The maximum Gasteiger partial charge on any atom is 0.410 e. The van der Waals surface area contributed by atoms with Crippen LogP contribution in [-0.2, 0) is 18.0 Å². The Kier molecular flexibility index (Phi) is 10.8. The van der Waals surface area contributed by atoms with Gasteiger partial charge in [-0.05, 0) is 0 Å². The Morgan fingerprint density at radius 2 is 1.45 bits per heavy atom. The summed E-state index contributed by atoms with van der Waals surface area (Å²) in [5.41, 5.74) is 0. The second kappa shape index (κ2) is 7.99. The van der Waals surface area contributed by atoms with Crippen LogP contribution in [0.5, 0.6) is 0 Å². The molecule has 0 saturated carbocycles. The van der Waals surface area contributed by atoms with Crippen LogP contribution < -0.4 is 0 Å². The van der Waals surface area contributed by atoms with Gasteiger partial charge >= 0.3 is 22.6 Å². The summed E-state index contributed by atoms with van der Waals surface area (Å²) in [4.78, 5) is 0. The van der Waals surface area contributed by atoms with Gasteiger partial charge in [-0.15, -0.1) is 0 Å². The van der Waals surface area contributed by atoms with Crippen LogP contribution in [0.3, 0.4) is 0 Å². The smallest absolute Gasteiger partial charge is 0.410 e. The second-order valence-corrected chi connectivity index (χ2v) is 2.31. The number of hydrogen-bond acceptors (Lipinski definition) is 4. The van der Waals surface area contributed by atoms with E-state index in [4.69, 9.17) is 18.0 Å². The summed E-state index contributed by atoms with van der Waals surface area (Å²) in [6.07, 6.45) is 0. The maximum absolute atomic E-state index is 4.94. The first-order valence-electron chi connectivity index (χ1n) is 2.89. The van der Waals surface area contributed by atoms with Crippen molar-refractivity contribution in [2.45, 2.75) is 5.97 Å². The Morgan fingerprint density at radius 1 is 1.09 bits per heavy atom. The summed E-state index contributed by atoms with van der Waals surface area (Å²) in [5, 5.41) is 0. The largest absolute Gasteiger partial charge is 0.500 e. The zero-order valence-corrected chi connectivity index (χ0v) is 11.8. The Balaban J connectivity index is 0. The average molecular weight is 187 g/mol. The van der Waals surface area contributed by atoms with Gasteiger partial charge in [0.05, 0.1) is 6.61 Å². The van der Waals surface area contributed by atoms with E-state index < -0.39 is 5.97 Å². The van der Waals surface area contributed by atoms with E-state index >= 15 is 0 Å². The van der Waals surface area contributed by atoms with E-state index in [2.05, 4.69) is 0 Å². The fraction of sp³-hybridized carbons (Fsp3) is 1.00. The van der Waals surface area contributed by atoms with Crippen molar-refractivity contribution in [2.75, 3.05) is 27.9 Å². The molecule has 0 spiro atoms. The van der Waals surface area contributed by atoms with Gasteiger partial charge in [-0.1, -0.05) is 0 Å². The van der Waals surface area contributed by atoms with Gasteiger partial charge in [0.15, 0.2) is 0 Å². The van der Waals surface area contributed by atoms with Gasteiger partial charge in [-0.25, -0.2) is 0 Å². The Labute approximate surface area is 97.6 Å². The molecular formula is C5H13AlNaO4. The number of ether oxygens (including phenoxy) is 3. The molecule has 1 radical (unpaired) electrons.